The van der Waals surface area contributed by atoms with Crippen LogP contribution in [0, 0.1) is 6.92 Å². The molecular formula is C64H55BN2OS. The van der Waals surface area contributed by atoms with Crippen LogP contribution in [0.1, 0.15) is 109 Å². The second kappa shape index (κ2) is 12.8. The number of fused-ring (bicyclic) bond motifs is 18. The van der Waals surface area contributed by atoms with Gasteiger partial charge in [-0.15, -0.1) is 11.3 Å². The normalized spacial score (nSPS) is 17.0. The molecule has 0 fully saturated rings. The highest BCUT2D eigenvalue weighted by molar-refractivity contribution is 7.26. The molecular weight excluding hydrogens is 856 g/mol. The van der Waals surface area contributed by atoms with Crippen LogP contribution in [0.2, 0.25) is 0 Å². The van der Waals surface area contributed by atoms with Crippen molar-refractivity contribution >= 4 is 104 Å². The predicted molar refractivity (Wildman–Crippen MR) is 296 cm³/mol. The van der Waals surface area contributed by atoms with Gasteiger partial charge in [-0.2, -0.15) is 0 Å². The number of benzene rings is 8. The molecule has 11 aromatic rings. The number of rotatable bonds is 1. The third-order valence-corrected chi connectivity index (χ3v) is 18.8. The fourth-order valence-electron chi connectivity index (χ4n) is 13.8. The molecule has 0 amide bonds. The molecule has 5 heterocycles. The lowest BCUT2D eigenvalue weighted by Crippen LogP contribution is -2.60. The number of thiophene rings is 1. The van der Waals surface area contributed by atoms with Gasteiger partial charge >= 0.3 is 6.85 Å². The minimum atomic E-state index is -0.178. The number of aryl methyl sites for hydroxylation is 1. The van der Waals surface area contributed by atoms with E-state index in [0.29, 0.717) is 0 Å². The highest BCUT2D eigenvalue weighted by Crippen LogP contribution is 2.58. The third-order valence-electron chi connectivity index (χ3n) is 17.7. The van der Waals surface area contributed by atoms with Crippen LogP contribution in [-0.4, -0.2) is 11.4 Å². The Kier molecular flexibility index (Phi) is 7.48. The van der Waals surface area contributed by atoms with Gasteiger partial charge in [-0.1, -0.05) is 129 Å². The summed E-state index contributed by atoms with van der Waals surface area (Å²) in [5, 5.41) is 7.53. The predicted octanol–water partition coefficient (Wildman–Crippen LogP) is 16.6. The number of hydrogen-bond acceptors (Lipinski definition) is 3. The van der Waals surface area contributed by atoms with Crippen molar-refractivity contribution in [2.45, 2.75) is 104 Å². The molecule has 0 saturated heterocycles. The maximum Gasteiger partial charge on any atom is 0.333 e. The van der Waals surface area contributed by atoms with E-state index in [1.807, 2.05) is 11.3 Å². The Balaban J connectivity index is 1.10. The van der Waals surface area contributed by atoms with Crippen LogP contribution in [-0.2, 0) is 21.7 Å². The van der Waals surface area contributed by atoms with Gasteiger partial charge in [0.15, 0.2) is 0 Å². The molecule has 5 heteroatoms. The fraction of sp³-hybridized carbons (Fsp3) is 0.250. The zero-order chi connectivity index (χ0) is 47.0. The van der Waals surface area contributed by atoms with Gasteiger partial charge in [-0.3, -0.25) is 0 Å². The second-order valence-electron chi connectivity index (χ2n) is 24.0. The van der Waals surface area contributed by atoms with Crippen molar-refractivity contribution in [3.05, 3.63) is 161 Å². The van der Waals surface area contributed by atoms with E-state index >= 15 is 0 Å². The van der Waals surface area contributed by atoms with E-state index in [1.165, 1.54) is 138 Å². The first kappa shape index (κ1) is 40.3. The quantitative estimate of drug-likeness (QED) is 0.153. The highest BCUT2D eigenvalue weighted by Gasteiger charge is 2.48. The number of anilines is 2. The summed E-state index contributed by atoms with van der Waals surface area (Å²) in [7, 11) is 0. The number of hydrogen-bond donors (Lipinski definition) is 0. The van der Waals surface area contributed by atoms with Crippen molar-refractivity contribution in [3.8, 4) is 27.9 Å². The van der Waals surface area contributed by atoms with E-state index in [4.69, 9.17) is 4.42 Å². The van der Waals surface area contributed by atoms with Crippen LogP contribution in [0.5, 0.6) is 0 Å². The first-order valence-corrected chi connectivity index (χ1v) is 26.0. The van der Waals surface area contributed by atoms with Gasteiger partial charge in [0.25, 0.3) is 0 Å². The maximum absolute atomic E-state index is 6.66. The van der Waals surface area contributed by atoms with E-state index in [-0.39, 0.29) is 28.5 Å². The first-order valence-electron chi connectivity index (χ1n) is 25.1. The monoisotopic (exact) mass is 910 g/mol. The summed E-state index contributed by atoms with van der Waals surface area (Å²) in [6, 6.07) is 50.0. The second-order valence-corrected chi connectivity index (χ2v) is 25.1. The van der Waals surface area contributed by atoms with Gasteiger partial charge in [-0.05, 0) is 158 Å². The van der Waals surface area contributed by atoms with Crippen molar-refractivity contribution in [3.63, 3.8) is 0 Å². The minimum Gasteiger partial charge on any atom is -0.456 e. The Morgan fingerprint density at radius 2 is 1.25 bits per heavy atom. The van der Waals surface area contributed by atoms with Crippen LogP contribution in [0.25, 0.3) is 91.9 Å². The average Bonchev–Trinajstić information content (AvgIpc) is 4.04. The summed E-state index contributed by atoms with van der Waals surface area (Å²) in [6.45, 7) is 24.1. The smallest absolute Gasteiger partial charge is 0.333 e. The van der Waals surface area contributed by atoms with E-state index in [2.05, 4.69) is 206 Å². The Labute approximate surface area is 408 Å². The maximum atomic E-state index is 6.66. The van der Waals surface area contributed by atoms with Crippen molar-refractivity contribution in [1.82, 2.24) is 4.57 Å². The van der Waals surface area contributed by atoms with Crippen molar-refractivity contribution in [2.75, 3.05) is 4.81 Å². The average molecular weight is 911 g/mol. The molecule has 0 unspecified atom stereocenters. The number of nitrogens with zero attached hydrogens (tertiary/aromatic N) is 2. The van der Waals surface area contributed by atoms with Crippen molar-refractivity contribution in [1.29, 1.82) is 0 Å². The molecule has 0 saturated carbocycles. The summed E-state index contributed by atoms with van der Waals surface area (Å²) >= 11 is 1.91. The van der Waals surface area contributed by atoms with Gasteiger partial charge in [0.2, 0.25) is 0 Å². The molecule has 0 atom stereocenters. The van der Waals surface area contributed by atoms with Crippen LogP contribution in [0.3, 0.4) is 0 Å². The lowest BCUT2D eigenvalue weighted by Gasteiger charge is -2.43. The van der Waals surface area contributed by atoms with Gasteiger partial charge in [0.1, 0.15) is 11.2 Å². The molecule has 15 rings (SSSR count). The minimum absolute atomic E-state index is 0.0285. The van der Waals surface area contributed by atoms with Gasteiger partial charge < -0.3 is 13.8 Å². The Hall–Kier alpha value is -6.56. The Morgan fingerprint density at radius 3 is 2.01 bits per heavy atom. The first-order chi connectivity index (χ1) is 33.0. The van der Waals surface area contributed by atoms with Crippen molar-refractivity contribution < 1.29 is 4.42 Å². The largest absolute Gasteiger partial charge is 0.456 e. The summed E-state index contributed by atoms with van der Waals surface area (Å²) in [5.74, 6) is 0. The molecule has 0 radical (unpaired) electrons. The highest BCUT2D eigenvalue weighted by atomic mass is 32.1. The van der Waals surface area contributed by atoms with Gasteiger partial charge in [0, 0.05) is 69.8 Å². The van der Waals surface area contributed by atoms with Gasteiger partial charge in [-0.25, -0.2) is 0 Å². The third kappa shape index (κ3) is 5.09. The van der Waals surface area contributed by atoms with E-state index < -0.39 is 0 Å². The molecule has 2 aliphatic carbocycles. The molecule has 69 heavy (non-hydrogen) atoms. The Bertz CT molecular complexity index is 4170. The summed E-state index contributed by atoms with van der Waals surface area (Å²) in [4.78, 5) is 2.75. The zero-order valence-electron chi connectivity index (χ0n) is 41.3. The zero-order valence-corrected chi connectivity index (χ0v) is 42.1. The summed E-state index contributed by atoms with van der Waals surface area (Å²) in [6.07, 6.45) is 2.40. The lowest BCUT2D eigenvalue weighted by molar-refractivity contribution is 0.331. The summed E-state index contributed by atoms with van der Waals surface area (Å²) in [5.41, 5.74) is 25.0. The van der Waals surface area contributed by atoms with E-state index in [0.717, 1.165) is 21.9 Å². The molecule has 0 N–H and O–H groups in total. The molecule has 336 valence electrons. The fourth-order valence-corrected chi connectivity index (χ4v) is 14.9. The number of aromatic nitrogens is 1. The van der Waals surface area contributed by atoms with Crippen LogP contribution in [0.4, 0.5) is 11.4 Å². The molecule has 4 aliphatic rings. The molecule has 2 aliphatic heterocycles. The van der Waals surface area contributed by atoms with Crippen LogP contribution in [0.15, 0.2) is 132 Å². The van der Waals surface area contributed by atoms with Gasteiger partial charge in [0.05, 0.1) is 11.0 Å². The molecule has 0 bridgehead atoms. The van der Waals surface area contributed by atoms with E-state index in [9.17, 15) is 0 Å². The van der Waals surface area contributed by atoms with Crippen molar-refractivity contribution in [2.24, 2.45) is 0 Å². The Morgan fingerprint density at radius 1 is 0.565 bits per heavy atom. The lowest BCUT2D eigenvalue weighted by atomic mass is 9.43. The summed E-state index contributed by atoms with van der Waals surface area (Å²) < 4.78 is 12.0. The molecule has 3 nitrogen and oxygen atoms in total. The van der Waals surface area contributed by atoms with E-state index in [1.54, 1.807) is 0 Å². The number of furan rings is 1. The van der Waals surface area contributed by atoms with Crippen LogP contribution < -0.4 is 15.7 Å². The SMILES string of the molecule is Cc1cc2c3c4c1c1cc5oc6ccccc6c5cc1n4-c1cc4sc5ccccc5c4cc1B3N(c1ccc(C(C)(C)C)cc1)c1cc3c(cc1-2)C(C)(C)c1cc2c(cc1-3)C(C)(C)CCC2(C)C. The topological polar surface area (TPSA) is 21.3 Å². The molecule has 8 aromatic carbocycles. The standard InChI is InChI=1S/C64H55BN2OS/c1-34-25-44-41-27-46-40(39-26-48-49(32-47(39)64(46,9)10)63(7,8)24-23-62(48,5)6)29-52(41)67(36-21-19-35(20-22-36)61(2,3)4)65-50-28-43-38-16-12-14-18-56(38)69-57(43)33-53(50)66-51-30-42-37-15-11-13-17-54(37)68-55(42)31-45(51)58(34)60(66)59(44)65/h11-22,25-33H,23-24H2,1-10H3. The number of para-hydroxylation sites is 1. The van der Waals surface area contributed by atoms with Crippen LogP contribution >= 0.6 is 11.3 Å². The molecule has 3 aromatic heterocycles. The molecule has 0 spiro atoms.